The number of rotatable bonds is 2. The maximum absolute atomic E-state index is 3.67. The van der Waals surface area contributed by atoms with E-state index in [9.17, 15) is 0 Å². The molecule has 1 fully saturated rings. The molecule has 0 radical (unpaired) electrons. The van der Waals surface area contributed by atoms with Crippen LogP contribution in [0.5, 0.6) is 0 Å². The Bertz CT molecular complexity index is 682. The van der Waals surface area contributed by atoms with Crippen LogP contribution in [-0.2, 0) is 6.54 Å². The first-order valence-electron chi connectivity index (χ1n) is 7.63. The van der Waals surface area contributed by atoms with Crippen molar-refractivity contribution in [1.82, 2.24) is 9.88 Å². The number of hydrogen-bond acceptors (Lipinski definition) is 1. The zero-order valence-electron chi connectivity index (χ0n) is 11.7. The molecule has 1 aliphatic rings. The molecule has 2 heterocycles. The van der Waals surface area contributed by atoms with Crippen molar-refractivity contribution in [2.24, 2.45) is 0 Å². The van der Waals surface area contributed by atoms with Crippen LogP contribution >= 0.6 is 0 Å². The summed E-state index contributed by atoms with van der Waals surface area (Å²) in [7, 11) is 0. The van der Waals surface area contributed by atoms with Gasteiger partial charge in [-0.25, -0.2) is 0 Å². The van der Waals surface area contributed by atoms with Gasteiger partial charge in [0.1, 0.15) is 0 Å². The quantitative estimate of drug-likeness (QED) is 0.742. The molecule has 0 saturated carbocycles. The Morgan fingerprint density at radius 1 is 0.900 bits per heavy atom. The highest BCUT2D eigenvalue weighted by atomic mass is 15.0. The monoisotopic (exact) mass is 264 g/mol. The number of piperidine rings is 1. The van der Waals surface area contributed by atoms with Gasteiger partial charge in [-0.3, -0.25) is 0 Å². The van der Waals surface area contributed by atoms with Gasteiger partial charge in [-0.1, -0.05) is 42.8 Å². The molecule has 2 nitrogen and oxygen atoms in total. The van der Waals surface area contributed by atoms with Crippen LogP contribution in [0.4, 0.5) is 0 Å². The summed E-state index contributed by atoms with van der Waals surface area (Å²) in [5.41, 5.74) is 2.72. The van der Waals surface area contributed by atoms with Crippen molar-refractivity contribution in [2.75, 3.05) is 6.54 Å². The third-order valence-corrected chi connectivity index (χ3v) is 4.50. The SMILES string of the molecule is c1ccc2c(c1)c1ccccc1n2CC1CCCCN1. The molecule has 0 amide bonds. The molecule has 0 aliphatic carbocycles. The number of nitrogens with zero attached hydrogens (tertiary/aromatic N) is 1. The van der Waals surface area contributed by atoms with Gasteiger partial charge in [0.15, 0.2) is 0 Å². The molecule has 0 spiro atoms. The lowest BCUT2D eigenvalue weighted by molar-refractivity contribution is 0.369. The first-order chi connectivity index (χ1) is 9.93. The maximum atomic E-state index is 3.67. The Hall–Kier alpha value is -1.80. The zero-order valence-corrected chi connectivity index (χ0v) is 11.7. The average molecular weight is 264 g/mol. The molecule has 1 atom stereocenters. The Kier molecular flexibility index (Phi) is 2.96. The number of fused-ring (bicyclic) bond motifs is 3. The third kappa shape index (κ3) is 1.92. The van der Waals surface area contributed by atoms with Gasteiger partial charge in [-0.2, -0.15) is 0 Å². The minimum absolute atomic E-state index is 0.614. The predicted molar refractivity (Wildman–Crippen MR) is 85.1 cm³/mol. The van der Waals surface area contributed by atoms with Crippen molar-refractivity contribution in [1.29, 1.82) is 0 Å². The fraction of sp³-hybridized carbons (Fsp3) is 0.333. The first kappa shape index (κ1) is 12.0. The van der Waals surface area contributed by atoms with Crippen LogP contribution in [0.2, 0.25) is 0 Å². The molecule has 0 bridgehead atoms. The summed E-state index contributed by atoms with van der Waals surface area (Å²) >= 11 is 0. The predicted octanol–water partition coefficient (Wildman–Crippen LogP) is 3.94. The highest BCUT2D eigenvalue weighted by molar-refractivity contribution is 6.07. The van der Waals surface area contributed by atoms with E-state index in [0.29, 0.717) is 6.04 Å². The van der Waals surface area contributed by atoms with E-state index >= 15 is 0 Å². The summed E-state index contributed by atoms with van der Waals surface area (Å²) < 4.78 is 2.49. The molecule has 2 aromatic carbocycles. The van der Waals surface area contributed by atoms with E-state index in [-0.39, 0.29) is 0 Å². The van der Waals surface area contributed by atoms with Crippen molar-refractivity contribution >= 4 is 21.8 Å². The first-order valence-corrected chi connectivity index (χ1v) is 7.63. The van der Waals surface area contributed by atoms with Gasteiger partial charge in [-0.15, -0.1) is 0 Å². The number of aromatic nitrogens is 1. The normalized spacial score (nSPS) is 19.7. The number of nitrogens with one attached hydrogen (secondary N) is 1. The molecular weight excluding hydrogens is 244 g/mol. The highest BCUT2D eigenvalue weighted by Gasteiger charge is 2.16. The van der Waals surface area contributed by atoms with Crippen molar-refractivity contribution in [3.63, 3.8) is 0 Å². The van der Waals surface area contributed by atoms with Crippen LogP contribution in [0.25, 0.3) is 21.8 Å². The van der Waals surface area contributed by atoms with Crippen molar-refractivity contribution in [3.05, 3.63) is 48.5 Å². The fourth-order valence-electron chi connectivity index (χ4n) is 3.50. The van der Waals surface area contributed by atoms with E-state index in [1.807, 2.05) is 0 Å². The highest BCUT2D eigenvalue weighted by Crippen LogP contribution is 2.29. The second-order valence-electron chi connectivity index (χ2n) is 5.79. The minimum Gasteiger partial charge on any atom is -0.339 e. The summed E-state index contributed by atoms with van der Waals surface area (Å²) in [5.74, 6) is 0. The van der Waals surface area contributed by atoms with Gasteiger partial charge < -0.3 is 9.88 Å². The Morgan fingerprint density at radius 3 is 2.15 bits per heavy atom. The average Bonchev–Trinajstić information content (AvgIpc) is 2.84. The van der Waals surface area contributed by atoms with Gasteiger partial charge >= 0.3 is 0 Å². The standard InChI is InChI=1S/C18H20N2/c1-3-10-17-15(8-1)16-9-2-4-11-18(16)20(17)13-14-7-5-6-12-19-14/h1-4,8-11,14,19H,5-7,12-13H2. The van der Waals surface area contributed by atoms with E-state index in [1.54, 1.807) is 0 Å². The second kappa shape index (κ2) is 4.95. The molecule has 1 N–H and O–H groups in total. The van der Waals surface area contributed by atoms with Crippen LogP contribution in [0.15, 0.2) is 48.5 Å². The molecule has 1 saturated heterocycles. The van der Waals surface area contributed by atoms with Gasteiger partial charge in [0, 0.05) is 34.4 Å². The van der Waals surface area contributed by atoms with Gasteiger partial charge in [0.05, 0.1) is 0 Å². The van der Waals surface area contributed by atoms with Gasteiger partial charge in [-0.05, 0) is 31.5 Å². The topological polar surface area (TPSA) is 17.0 Å². The lowest BCUT2D eigenvalue weighted by atomic mass is 10.1. The summed E-state index contributed by atoms with van der Waals surface area (Å²) in [4.78, 5) is 0. The third-order valence-electron chi connectivity index (χ3n) is 4.50. The number of benzene rings is 2. The summed E-state index contributed by atoms with van der Waals surface area (Å²) in [6.07, 6.45) is 3.97. The molecule has 1 unspecified atom stereocenters. The maximum Gasteiger partial charge on any atom is 0.0491 e. The zero-order chi connectivity index (χ0) is 13.4. The Morgan fingerprint density at radius 2 is 1.55 bits per heavy atom. The van der Waals surface area contributed by atoms with E-state index in [0.717, 1.165) is 6.54 Å². The van der Waals surface area contributed by atoms with E-state index in [4.69, 9.17) is 0 Å². The van der Waals surface area contributed by atoms with Crippen LogP contribution in [0.1, 0.15) is 19.3 Å². The lowest BCUT2D eigenvalue weighted by Crippen LogP contribution is -2.37. The largest absolute Gasteiger partial charge is 0.339 e. The minimum atomic E-state index is 0.614. The van der Waals surface area contributed by atoms with Crippen molar-refractivity contribution < 1.29 is 0 Å². The molecule has 3 aromatic rings. The fourth-order valence-corrected chi connectivity index (χ4v) is 3.50. The van der Waals surface area contributed by atoms with Crippen molar-refractivity contribution in [2.45, 2.75) is 31.8 Å². The van der Waals surface area contributed by atoms with Gasteiger partial charge in [0.2, 0.25) is 0 Å². The van der Waals surface area contributed by atoms with Gasteiger partial charge in [0.25, 0.3) is 0 Å². The number of para-hydroxylation sites is 2. The van der Waals surface area contributed by atoms with Crippen LogP contribution < -0.4 is 5.32 Å². The van der Waals surface area contributed by atoms with Crippen LogP contribution in [0.3, 0.4) is 0 Å². The summed E-state index contributed by atoms with van der Waals surface area (Å²) in [5, 5.41) is 6.41. The van der Waals surface area contributed by atoms with Crippen LogP contribution in [-0.4, -0.2) is 17.2 Å². The van der Waals surface area contributed by atoms with Crippen molar-refractivity contribution in [3.8, 4) is 0 Å². The molecule has 102 valence electrons. The lowest BCUT2D eigenvalue weighted by Gasteiger charge is -2.24. The Labute approximate surface area is 119 Å². The van der Waals surface area contributed by atoms with E-state index < -0.39 is 0 Å². The van der Waals surface area contributed by atoms with E-state index in [2.05, 4.69) is 58.4 Å². The molecule has 4 rings (SSSR count). The summed E-state index contributed by atoms with van der Waals surface area (Å²) in [6.45, 7) is 2.25. The summed E-state index contributed by atoms with van der Waals surface area (Å²) in [6, 6.07) is 18.2. The Balaban J connectivity index is 1.86. The van der Waals surface area contributed by atoms with E-state index in [1.165, 1.54) is 47.6 Å². The number of hydrogen-bond donors (Lipinski definition) is 1. The molecule has 1 aromatic heterocycles. The molecule has 1 aliphatic heterocycles. The smallest absolute Gasteiger partial charge is 0.0491 e. The molecule has 2 heteroatoms. The molecule has 20 heavy (non-hydrogen) atoms. The molecular formula is C18H20N2. The van der Waals surface area contributed by atoms with Crippen LogP contribution in [0, 0.1) is 0 Å². The second-order valence-corrected chi connectivity index (χ2v) is 5.79.